The van der Waals surface area contributed by atoms with E-state index in [-0.39, 0.29) is 11.6 Å². The molecule has 0 aliphatic carbocycles. The number of nitrogens with zero attached hydrogens (tertiary/aromatic N) is 1. The highest BCUT2D eigenvalue weighted by Crippen LogP contribution is 2.45. The minimum atomic E-state index is -0.849. The second-order valence-electron chi connectivity index (χ2n) is 6.76. The standard InChI is InChI=1S/C19H18ClNO3S/c1-3-13-15(21-18(25-13)10-4-6-11(20)7-5-10)14-16(22)12-8-9-19(2,24-12)17(14)23/h4-7,12,14H,3,8-9H2,1-2H3/t12-,14?,19+/m0/s1. The van der Waals surface area contributed by atoms with Crippen molar-refractivity contribution >= 4 is 34.5 Å². The SMILES string of the molecule is CCc1sc(-c2ccc(Cl)cc2)nc1C1C(=O)[C@@H]2CC[C@@](C)(O2)C1=O. The van der Waals surface area contributed by atoms with E-state index in [0.717, 1.165) is 21.9 Å². The summed E-state index contributed by atoms with van der Waals surface area (Å²) in [5.41, 5.74) is 0.712. The van der Waals surface area contributed by atoms with Gasteiger partial charge in [0.05, 0.1) is 5.69 Å². The molecule has 3 atom stereocenters. The fraction of sp³-hybridized carbons (Fsp3) is 0.421. The number of hydrogen-bond donors (Lipinski definition) is 0. The molecule has 0 spiro atoms. The van der Waals surface area contributed by atoms with Crippen molar-refractivity contribution in [2.45, 2.75) is 50.7 Å². The van der Waals surface area contributed by atoms with Gasteiger partial charge in [-0.15, -0.1) is 11.3 Å². The van der Waals surface area contributed by atoms with Crippen molar-refractivity contribution in [2.24, 2.45) is 0 Å². The number of aryl methyl sites for hydroxylation is 1. The summed E-state index contributed by atoms with van der Waals surface area (Å²) >= 11 is 7.50. The average Bonchev–Trinajstić information content (AvgIpc) is 3.18. The molecule has 25 heavy (non-hydrogen) atoms. The maximum Gasteiger partial charge on any atom is 0.180 e. The maximum absolute atomic E-state index is 13.0. The number of halogens is 1. The summed E-state index contributed by atoms with van der Waals surface area (Å²) in [5.74, 6) is -1.07. The van der Waals surface area contributed by atoms with E-state index in [2.05, 4.69) is 0 Å². The molecule has 4 nitrogen and oxygen atoms in total. The summed E-state index contributed by atoms with van der Waals surface area (Å²) in [7, 11) is 0. The van der Waals surface area contributed by atoms with E-state index in [9.17, 15) is 9.59 Å². The van der Waals surface area contributed by atoms with Crippen LogP contribution in [0.2, 0.25) is 5.02 Å². The number of hydrogen-bond acceptors (Lipinski definition) is 5. The van der Waals surface area contributed by atoms with Crippen LogP contribution in [-0.4, -0.2) is 28.3 Å². The Hall–Kier alpha value is -1.56. The van der Waals surface area contributed by atoms with E-state index >= 15 is 0 Å². The number of ketones is 2. The normalized spacial score (nSPS) is 28.6. The van der Waals surface area contributed by atoms with Crippen LogP contribution in [0, 0.1) is 0 Å². The fourth-order valence-corrected chi connectivity index (χ4v) is 4.83. The molecule has 0 N–H and O–H groups in total. The molecule has 1 aromatic carbocycles. The largest absolute Gasteiger partial charge is 0.356 e. The first-order valence-corrected chi connectivity index (χ1v) is 9.64. The second-order valence-corrected chi connectivity index (χ2v) is 8.28. The quantitative estimate of drug-likeness (QED) is 0.754. The van der Waals surface area contributed by atoms with Crippen molar-refractivity contribution in [1.29, 1.82) is 0 Å². The number of rotatable bonds is 3. The van der Waals surface area contributed by atoms with Crippen LogP contribution in [0.4, 0.5) is 0 Å². The number of Topliss-reactive ketones (excluding diaryl/α,β-unsaturated/α-hetero) is 2. The first-order valence-electron chi connectivity index (χ1n) is 8.44. The lowest BCUT2D eigenvalue weighted by Crippen LogP contribution is -2.49. The van der Waals surface area contributed by atoms with Gasteiger partial charge in [0.2, 0.25) is 0 Å². The summed E-state index contributed by atoms with van der Waals surface area (Å²) in [6.45, 7) is 3.82. The number of benzene rings is 1. The summed E-state index contributed by atoms with van der Waals surface area (Å²) < 4.78 is 5.70. The third kappa shape index (κ3) is 2.65. The molecule has 0 radical (unpaired) electrons. The minimum Gasteiger partial charge on any atom is -0.356 e. The van der Waals surface area contributed by atoms with Crippen LogP contribution in [0.15, 0.2) is 24.3 Å². The molecule has 2 aliphatic rings. The van der Waals surface area contributed by atoms with Crippen LogP contribution >= 0.6 is 22.9 Å². The molecular weight excluding hydrogens is 358 g/mol. The van der Waals surface area contributed by atoms with Crippen LogP contribution < -0.4 is 0 Å². The number of carbonyl (C=O) groups is 2. The molecule has 1 aromatic heterocycles. The second kappa shape index (κ2) is 6.01. The molecule has 2 aromatic rings. The molecule has 3 heterocycles. The van der Waals surface area contributed by atoms with Gasteiger partial charge in [0.1, 0.15) is 22.6 Å². The molecular formula is C19H18ClNO3S. The molecule has 0 amide bonds. The predicted octanol–water partition coefficient (Wildman–Crippen LogP) is 4.20. The Morgan fingerprint density at radius 1 is 1.32 bits per heavy atom. The lowest BCUT2D eigenvalue weighted by Gasteiger charge is -2.32. The Labute approximate surface area is 155 Å². The molecule has 1 unspecified atom stereocenters. The zero-order chi connectivity index (χ0) is 17.8. The van der Waals surface area contributed by atoms with Gasteiger partial charge in [0.25, 0.3) is 0 Å². The van der Waals surface area contributed by atoms with Gasteiger partial charge >= 0.3 is 0 Å². The summed E-state index contributed by atoms with van der Waals surface area (Å²) in [5, 5.41) is 1.48. The van der Waals surface area contributed by atoms with Crippen molar-refractivity contribution < 1.29 is 14.3 Å². The number of aromatic nitrogens is 1. The van der Waals surface area contributed by atoms with Crippen molar-refractivity contribution in [3.63, 3.8) is 0 Å². The summed E-state index contributed by atoms with van der Waals surface area (Å²) in [6.07, 6.45) is 1.49. The van der Waals surface area contributed by atoms with E-state index in [1.54, 1.807) is 6.92 Å². The van der Waals surface area contributed by atoms with Crippen LogP contribution in [0.5, 0.6) is 0 Å². The molecule has 0 saturated carbocycles. The van der Waals surface area contributed by atoms with Crippen molar-refractivity contribution in [2.75, 3.05) is 0 Å². The van der Waals surface area contributed by atoms with E-state index in [4.69, 9.17) is 21.3 Å². The highest BCUT2D eigenvalue weighted by atomic mass is 35.5. The van der Waals surface area contributed by atoms with E-state index < -0.39 is 17.6 Å². The Morgan fingerprint density at radius 3 is 2.72 bits per heavy atom. The van der Waals surface area contributed by atoms with Gasteiger partial charge in [-0.1, -0.05) is 30.7 Å². The Balaban J connectivity index is 1.78. The molecule has 130 valence electrons. The van der Waals surface area contributed by atoms with Gasteiger partial charge in [-0.25, -0.2) is 4.98 Å². The van der Waals surface area contributed by atoms with Gasteiger partial charge in [-0.3, -0.25) is 9.59 Å². The van der Waals surface area contributed by atoms with Gasteiger partial charge in [-0.05, 0) is 38.3 Å². The Bertz CT molecular complexity index is 860. The van der Waals surface area contributed by atoms with E-state index in [1.807, 2.05) is 31.2 Å². The lowest BCUT2D eigenvalue weighted by atomic mass is 9.83. The van der Waals surface area contributed by atoms with Gasteiger partial charge in [0, 0.05) is 15.5 Å². The summed E-state index contributed by atoms with van der Waals surface area (Å²) in [6, 6.07) is 7.44. The Morgan fingerprint density at radius 2 is 2.04 bits per heavy atom. The van der Waals surface area contributed by atoms with Crippen LogP contribution in [0.25, 0.3) is 10.6 Å². The van der Waals surface area contributed by atoms with Crippen molar-refractivity contribution in [3.8, 4) is 10.6 Å². The lowest BCUT2D eigenvalue weighted by molar-refractivity contribution is -0.160. The third-order valence-electron chi connectivity index (χ3n) is 5.08. The molecule has 4 rings (SSSR count). The van der Waals surface area contributed by atoms with Crippen LogP contribution in [0.1, 0.15) is 43.2 Å². The maximum atomic E-state index is 13.0. The third-order valence-corrected chi connectivity index (χ3v) is 6.60. The highest BCUT2D eigenvalue weighted by molar-refractivity contribution is 7.15. The summed E-state index contributed by atoms with van der Waals surface area (Å²) in [4.78, 5) is 31.5. The number of ether oxygens (including phenoxy) is 1. The van der Waals surface area contributed by atoms with Crippen molar-refractivity contribution in [3.05, 3.63) is 39.9 Å². The van der Waals surface area contributed by atoms with E-state index in [1.165, 1.54) is 11.3 Å². The van der Waals surface area contributed by atoms with Crippen LogP contribution in [0.3, 0.4) is 0 Å². The van der Waals surface area contributed by atoms with E-state index in [0.29, 0.717) is 23.6 Å². The first kappa shape index (κ1) is 16.9. The average molecular weight is 376 g/mol. The van der Waals surface area contributed by atoms with Crippen molar-refractivity contribution in [1.82, 2.24) is 4.98 Å². The van der Waals surface area contributed by atoms with Gasteiger partial charge < -0.3 is 4.74 Å². The molecule has 2 saturated heterocycles. The zero-order valence-corrected chi connectivity index (χ0v) is 15.6. The highest BCUT2D eigenvalue weighted by Gasteiger charge is 2.56. The zero-order valence-electron chi connectivity index (χ0n) is 14.0. The first-order chi connectivity index (χ1) is 11.9. The molecule has 6 heteroatoms. The predicted molar refractivity (Wildman–Crippen MR) is 97.2 cm³/mol. The number of carbonyl (C=O) groups excluding carboxylic acids is 2. The molecule has 2 aliphatic heterocycles. The molecule has 2 fully saturated rings. The van der Waals surface area contributed by atoms with Gasteiger partial charge in [0.15, 0.2) is 11.6 Å². The fourth-order valence-electron chi connectivity index (χ4n) is 3.66. The molecule has 2 bridgehead atoms. The van der Waals surface area contributed by atoms with Crippen LogP contribution in [-0.2, 0) is 20.7 Å². The number of fused-ring (bicyclic) bond motifs is 2. The Kier molecular flexibility index (Phi) is 4.06. The topological polar surface area (TPSA) is 56.3 Å². The van der Waals surface area contributed by atoms with Gasteiger partial charge in [-0.2, -0.15) is 0 Å². The minimum absolute atomic E-state index is 0.136. The smallest absolute Gasteiger partial charge is 0.180 e. The number of thiazole rings is 1. The monoisotopic (exact) mass is 375 g/mol.